The van der Waals surface area contributed by atoms with Crippen LogP contribution in [0.1, 0.15) is 100.0 Å². The Bertz CT molecular complexity index is 860. The number of rotatable bonds is 6. The second-order valence-corrected chi connectivity index (χ2v) is 10.4. The smallest absolute Gasteiger partial charge is 0.0849 e. The largest absolute Gasteiger partial charge is 0.393 e. The van der Waals surface area contributed by atoms with Gasteiger partial charge >= 0.3 is 0 Å². The van der Waals surface area contributed by atoms with Crippen LogP contribution in [0, 0.1) is 23.2 Å². The quantitative estimate of drug-likeness (QED) is 0.514. The topological polar surface area (TPSA) is 60.7 Å². The third-order valence-electron chi connectivity index (χ3n) is 8.29. The molecule has 6 atom stereocenters. The van der Waals surface area contributed by atoms with Crippen LogP contribution in [0.2, 0.25) is 0 Å². The van der Waals surface area contributed by atoms with Crippen LogP contribution >= 0.6 is 0 Å². The van der Waals surface area contributed by atoms with Crippen molar-refractivity contribution in [1.82, 2.24) is 0 Å². The van der Waals surface area contributed by atoms with Gasteiger partial charge in [0.05, 0.1) is 17.8 Å². The fourth-order valence-electron chi connectivity index (χ4n) is 6.44. The molecule has 3 heteroatoms. The highest BCUT2D eigenvalue weighted by Gasteiger charge is 2.50. The van der Waals surface area contributed by atoms with Gasteiger partial charge in [-0.25, -0.2) is 0 Å². The molecule has 0 unspecified atom stereocenters. The number of fused-ring (bicyclic) bond motifs is 1. The minimum absolute atomic E-state index is 0.0784. The van der Waals surface area contributed by atoms with Crippen LogP contribution in [0.4, 0.5) is 0 Å². The van der Waals surface area contributed by atoms with Gasteiger partial charge in [0.15, 0.2) is 0 Å². The van der Waals surface area contributed by atoms with Crippen LogP contribution in [0.3, 0.4) is 0 Å². The van der Waals surface area contributed by atoms with E-state index >= 15 is 0 Å². The molecule has 3 N–H and O–H groups in total. The van der Waals surface area contributed by atoms with Crippen molar-refractivity contribution >= 4 is 0 Å². The Morgan fingerprint density at radius 3 is 2.73 bits per heavy atom. The summed E-state index contributed by atoms with van der Waals surface area (Å²) in [7, 11) is 0. The summed E-state index contributed by atoms with van der Waals surface area (Å²) in [6.07, 6.45) is 10.2. The lowest BCUT2D eigenvalue weighted by molar-refractivity contribution is -0.0554. The first-order valence-electron chi connectivity index (χ1n) is 14.7. The Labute approximate surface area is 192 Å². The van der Waals surface area contributed by atoms with Gasteiger partial charge in [0.25, 0.3) is 0 Å². The van der Waals surface area contributed by atoms with Gasteiger partial charge in [0.1, 0.15) is 0 Å². The molecule has 3 aliphatic rings. The molecule has 0 aromatic rings. The Morgan fingerprint density at radius 1 is 1.23 bits per heavy atom. The molecule has 0 aromatic carbocycles. The molecule has 3 aliphatic carbocycles. The van der Waals surface area contributed by atoms with E-state index in [2.05, 4.69) is 32.6 Å². The maximum Gasteiger partial charge on any atom is 0.0849 e. The molecule has 0 amide bonds. The molecule has 0 aliphatic heterocycles. The molecular weight excluding hydrogens is 372 g/mol. The van der Waals surface area contributed by atoms with Gasteiger partial charge in [-0.05, 0) is 107 Å². The lowest BCUT2D eigenvalue weighted by Gasteiger charge is -2.44. The third-order valence-corrected chi connectivity index (χ3v) is 8.29. The molecule has 0 aromatic heterocycles. The number of allylic oxidation sites excluding steroid dienone is 4. The first kappa shape index (κ1) is 16.7. The molecule has 0 heterocycles. The van der Waals surface area contributed by atoms with Crippen LogP contribution in [0.25, 0.3) is 0 Å². The van der Waals surface area contributed by atoms with Crippen molar-refractivity contribution < 1.29 is 23.5 Å². The number of hydrogen-bond acceptors (Lipinski definition) is 3. The lowest BCUT2D eigenvalue weighted by Crippen LogP contribution is -2.38. The molecule has 3 rings (SSSR count). The van der Waals surface area contributed by atoms with Gasteiger partial charge in [-0.1, -0.05) is 43.7 Å². The van der Waals surface area contributed by atoms with E-state index in [1.807, 2.05) is 0 Å². The molecule has 0 bridgehead atoms. The lowest BCUT2D eigenvalue weighted by atomic mass is 9.60. The summed E-state index contributed by atoms with van der Waals surface area (Å²) in [4.78, 5) is 0. The van der Waals surface area contributed by atoms with Gasteiger partial charge in [-0.2, -0.15) is 0 Å². The van der Waals surface area contributed by atoms with E-state index in [0.717, 1.165) is 56.1 Å². The second-order valence-electron chi connectivity index (χ2n) is 10.4. The summed E-state index contributed by atoms with van der Waals surface area (Å²) >= 11 is 0. The molecule has 170 valence electrons. The van der Waals surface area contributed by atoms with Crippen molar-refractivity contribution in [2.75, 3.05) is 0 Å². The molecule has 3 saturated carbocycles. The standard InChI is InChI=1S/C27H44O3/c1-18-8-12-22(28)17-21(18)11-10-20-7-6-16-27(5)23(13-14-24(20)27)19(2)9-15-25(29)26(3,4)30/h10-11,19,22-25,28-30H,1,6-9,12-17H2,2-5H3/b20-10+,21-11-/t19-,22+,23-,24+,25-,27-/m1/s1/i3D3,4D3. The van der Waals surface area contributed by atoms with Crippen LogP contribution in [-0.2, 0) is 0 Å². The minimum atomic E-state index is -3.22. The Hall–Kier alpha value is -0.900. The van der Waals surface area contributed by atoms with Crippen LogP contribution in [0.5, 0.6) is 0 Å². The van der Waals surface area contributed by atoms with Gasteiger partial charge in [-0.3, -0.25) is 0 Å². The molecule has 0 saturated heterocycles. The number of aliphatic hydroxyl groups is 3. The normalized spacial score (nSPS) is 41.2. The summed E-state index contributed by atoms with van der Waals surface area (Å²) in [6, 6.07) is 0. The van der Waals surface area contributed by atoms with E-state index in [9.17, 15) is 15.3 Å². The van der Waals surface area contributed by atoms with Crippen molar-refractivity contribution in [1.29, 1.82) is 0 Å². The molecule has 30 heavy (non-hydrogen) atoms. The molecule has 3 fully saturated rings. The highest BCUT2D eigenvalue weighted by molar-refractivity contribution is 5.36. The predicted molar refractivity (Wildman–Crippen MR) is 124 cm³/mol. The van der Waals surface area contributed by atoms with E-state index in [-0.39, 0.29) is 23.9 Å². The molecular formula is C27H44O3. The molecule has 0 radical (unpaired) electrons. The maximum absolute atomic E-state index is 10.6. The highest BCUT2D eigenvalue weighted by Crippen LogP contribution is 2.60. The Balaban J connectivity index is 1.71. The van der Waals surface area contributed by atoms with E-state index in [4.69, 9.17) is 8.22 Å². The first-order chi connectivity index (χ1) is 16.5. The van der Waals surface area contributed by atoms with E-state index in [1.54, 1.807) is 0 Å². The third kappa shape index (κ3) is 5.11. The Kier molecular flexibility index (Phi) is 5.18. The second kappa shape index (κ2) is 9.30. The maximum atomic E-state index is 10.6. The summed E-state index contributed by atoms with van der Waals surface area (Å²) < 4.78 is 45.4. The highest BCUT2D eigenvalue weighted by atomic mass is 16.3. The van der Waals surface area contributed by atoms with Gasteiger partial charge in [0, 0.05) is 8.22 Å². The zero-order valence-corrected chi connectivity index (χ0v) is 18.7. The van der Waals surface area contributed by atoms with Crippen molar-refractivity contribution in [3.05, 3.63) is 35.5 Å². The molecule has 0 spiro atoms. The van der Waals surface area contributed by atoms with Crippen molar-refractivity contribution in [2.24, 2.45) is 23.2 Å². The zero-order chi connectivity index (χ0) is 27.1. The van der Waals surface area contributed by atoms with Crippen LogP contribution in [0.15, 0.2) is 35.5 Å². The van der Waals surface area contributed by atoms with Gasteiger partial charge in [-0.15, -0.1) is 0 Å². The zero-order valence-electron chi connectivity index (χ0n) is 24.7. The fraction of sp³-hybridized carbons (Fsp3) is 0.778. The van der Waals surface area contributed by atoms with Gasteiger partial charge in [0.2, 0.25) is 0 Å². The number of aliphatic hydroxyl groups excluding tert-OH is 2. The summed E-state index contributed by atoms with van der Waals surface area (Å²) in [5.41, 5.74) is 0.633. The van der Waals surface area contributed by atoms with Crippen molar-refractivity contribution in [3.63, 3.8) is 0 Å². The van der Waals surface area contributed by atoms with Crippen molar-refractivity contribution in [2.45, 2.75) is 110 Å². The summed E-state index contributed by atoms with van der Waals surface area (Å²) in [6.45, 7) is 2.17. The molecule has 3 nitrogen and oxygen atoms in total. The van der Waals surface area contributed by atoms with E-state index < -0.39 is 25.4 Å². The van der Waals surface area contributed by atoms with Crippen LogP contribution < -0.4 is 0 Å². The predicted octanol–water partition coefficient (Wildman–Crippen LogP) is 5.70. The average molecular weight is 423 g/mol. The fourth-order valence-corrected chi connectivity index (χ4v) is 6.44. The number of hydrogen-bond donors (Lipinski definition) is 3. The van der Waals surface area contributed by atoms with Gasteiger partial charge < -0.3 is 15.3 Å². The average Bonchev–Trinajstić information content (AvgIpc) is 3.13. The first-order valence-corrected chi connectivity index (χ1v) is 11.7. The summed E-state index contributed by atoms with van der Waals surface area (Å²) in [5.74, 6) is 0.966. The van der Waals surface area contributed by atoms with Crippen molar-refractivity contribution in [3.8, 4) is 0 Å². The minimum Gasteiger partial charge on any atom is -0.393 e. The van der Waals surface area contributed by atoms with Crippen LogP contribution in [-0.4, -0.2) is 33.1 Å². The SMILES string of the molecule is [2H]C([2H])([2H])C(O)([C@H](O)CC[C@@H](C)[C@H]1CC[C@H]2/C(=C/C=C3/C[C@@H](O)CCC3=C)CCC[C@]12C)C([2H])([2H])[2H]. The summed E-state index contributed by atoms with van der Waals surface area (Å²) in [5, 5.41) is 31.2. The Morgan fingerprint density at radius 2 is 2.00 bits per heavy atom. The van der Waals surface area contributed by atoms with E-state index in [0.29, 0.717) is 24.7 Å². The van der Waals surface area contributed by atoms with E-state index in [1.165, 1.54) is 5.57 Å². The monoisotopic (exact) mass is 422 g/mol.